The van der Waals surface area contributed by atoms with Crippen LogP contribution in [0.25, 0.3) is 0 Å². The smallest absolute Gasteiger partial charge is 0.338 e. The summed E-state index contributed by atoms with van der Waals surface area (Å²) in [6.45, 7) is 9.71. The zero-order chi connectivity index (χ0) is 30.4. The summed E-state index contributed by atoms with van der Waals surface area (Å²) in [5.74, 6) is -1.05. The van der Waals surface area contributed by atoms with Gasteiger partial charge in [0, 0.05) is 60.4 Å². The second kappa shape index (κ2) is 13.8. The fourth-order valence-corrected chi connectivity index (χ4v) is 5.75. The Morgan fingerprint density at radius 2 is 1.86 bits per heavy atom. The van der Waals surface area contributed by atoms with E-state index >= 15 is 0 Å². The molecule has 0 saturated carbocycles. The number of carbonyl (C=O) groups excluding carboxylic acids is 3. The molecule has 1 atom stereocenters. The van der Waals surface area contributed by atoms with Crippen molar-refractivity contribution in [3.05, 3.63) is 74.2 Å². The van der Waals surface area contributed by atoms with E-state index in [1.807, 2.05) is 0 Å². The van der Waals surface area contributed by atoms with Gasteiger partial charge in [-0.25, -0.2) is 9.78 Å². The molecule has 4 rings (SSSR count). The van der Waals surface area contributed by atoms with Crippen molar-refractivity contribution in [2.75, 3.05) is 30.9 Å². The molecule has 0 fully saturated rings. The maximum absolute atomic E-state index is 13.4. The van der Waals surface area contributed by atoms with Crippen LogP contribution >= 0.6 is 22.9 Å². The fraction of sp³-hybridized carbons (Fsp3) is 0.419. The molecule has 1 aliphatic rings. The largest absolute Gasteiger partial charge is 0.456 e. The van der Waals surface area contributed by atoms with E-state index < -0.39 is 11.6 Å². The normalized spacial score (nSPS) is 14.1. The van der Waals surface area contributed by atoms with Gasteiger partial charge in [-0.2, -0.15) is 0 Å². The fourth-order valence-electron chi connectivity index (χ4n) is 4.59. The number of rotatable bonds is 10. The summed E-state index contributed by atoms with van der Waals surface area (Å²) in [7, 11) is 1.69. The summed E-state index contributed by atoms with van der Waals surface area (Å²) < 4.78 is 10.8. The molecular formula is C31H37ClN4O5S. The van der Waals surface area contributed by atoms with E-state index in [9.17, 15) is 14.4 Å². The number of hydrogen-bond donors (Lipinski definition) is 2. The van der Waals surface area contributed by atoms with Crippen LogP contribution in [-0.2, 0) is 33.7 Å². The molecule has 9 nitrogen and oxygen atoms in total. The van der Waals surface area contributed by atoms with Crippen molar-refractivity contribution in [2.45, 2.75) is 65.1 Å². The van der Waals surface area contributed by atoms with Gasteiger partial charge in [0.1, 0.15) is 5.60 Å². The number of benzene rings is 2. The van der Waals surface area contributed by atoms with Crippen LogP contribution < -0.4 is 10.6 Å². The number of amides is 2. The molecule has 1 aromatic heterocycles. The average molecular weight is 613 g/mol. The minimum absolute atomic E-state index is 0.165. The summed E-state index contributed by atoms with van der Waals surface area (Å²) in [4.78, 5) is 46.9. The van der Waals surface area contributed by atoms with Crippen LogP contribution in [0.5, 0.6) is 0 Å². The monoisotopic (exact) mass is 612 g/mol. The Hall–Kier alpha value is -3.31. The lowest BCUT2D eigenvalue weighted by atomic mass is 10.0. The van der Waals surface area contributed by atoms with E-state index in [-0.39, 0.29) is 24.3 Å². The number of halogens is 1. The molecular weight excluding hydrogens is 576 g/mol. The summed E-state index contributed by atoms with van der Waals surface area (Å²) in [6, 6.07) is 12.1. The second-order valence-corrected chi connectivity index (χ2v) is 12.8. The Morgan fingerprint density at radius 3 is 2.55 bits per heavy atom. The van der Waals surface area contributed by atoms with Crippen LogP contribution in [0, 0.1) is 0 Å². The Balaban J connectivity index is 1.51. The number of hydrogen-bond acceptors (Lipinski definition) is 8. The van der Waals surface area contributed by atoms with Crippen molar-refractivity contribution >= 4 is 52.1 Å². The zero-order valence-corrected chi connectivity index (χ0v) is 26.2. The van der Waals surface area contributed by atoms with Gasteiger partial charge in [-0.1, -0.05) is 17.7 Å². The number of nitrogens with one attached hydrogen (secondary N) is 2. The number of anilines is 2. The van der Waals surface area contributed by atoms with E-state index in [0.29, 0.717) is 52.1 Å². The number of nitrogens with zero attached hydrogens (tertiary/aromatic N) is 2. The van der Waals surface area contributed by atoms with E-state index in [1.54, 1.807) is 70.3 Å². The number of fused-ring (bicyclic) bond motifs is 1. The van der Waals surface area contributed by atoms with Crippen molar-refractivity contribution in [1.29, 1.82) is 0 Å². The highest BCUT2D eigenvalue weighted by molar-refractivity contribution is 7.13. The van der Waals surface area contributed by atoms with Crippen LogP contribution in [0.2, 0.25) is 5.02 Å². The molecule has 2 amide bonds. The van der Waals surface area contributed by atoms with Crippen molar-refractivity contribution in [1.82, 2.24) is 9.88 Å². The predicted molar refractivity (Wildman–Crippen MR) is 166 cm³/mol. The Morgan fingerprint density at radius 1 is 1.12 bits per heavy atom. The van der Waals surface area contributed by atoms with Crippen LogP contribution in [0.3, 0.4) is 0 Å². The molecule has 1 unspecified atom stereocenters. The van der Waals surface area contributed by atoms with E-state index in [2.05, 4.69) is 27.4 Å². The summed E-state index contributed by atoms with van der Waals surface area (Å²) in [5, 5.41) is 6.74. The van der Waals surface area contributed by atoms with Gasteiger partial charge in [0.2, 0.25) is 5.91 Å². The van der Waals surface area contributed by atoms with Crippen LogP contribution in [0.15, 0.2) is 42.5 Å². The minimum atomic E-state index is -0.673. The van der Waals surface area contributed by atoms with E-state index in [1.165, 1.54) is 11.3 Å². The third-order valence-electron chi connectivity index (χ3n) is 6.73. The van der Waals surface area contributed by atoms with Gasteiger partial charge >= 0.3 is 5.97 Å². The highest BCUT2D eigenvalue weighted by atomic mass is 35.5. The Kier molecular flexibility index (Phi) is 10.4. The number of methoxy groups -OCH3 is 1. The second-order valence-electron chi connectivity index (χ2n) is 11.3. The van der Waals surface area contributed by atoms with Gasteiger partial charge in [0.15, 0.2) is 5.01 Å². The molecule has 224 valence electrons. The lowest BCUT2D eigenvalue weighted by molar-refractivity contribution is -0.116. The van der Waals surface area contributed by atoms with Gasteiger partial charge in [-0.3, -0.25) is 14.5 Å². The Labute approximate surface area is 255 Å². The van der Waals surface area contributed by atoms with Crippen LogP contribution in [-0.4, -0.2) is 59.6 Å². The molecule has 11 heteroatoms. The van der Waals surface area contributed by atoms with Gasteiger partial charge in [0.25, 0.3) is 5.91 Å². The van der Waals surface area contributed by atoms with Gasteiger partial charge in [-0.05, 0) is 76.1 Å². The highest BCUT2D eigenvalue weighted by Gasteiger charge is 2.26. The quantitative estimate of drug-likeness (QED) is 0.272. The number of thiazole rings is 1. The van der Waals surface area contributed by atoms with Crippen molar-refractivity contribution < 1.29 is 23.9 Å². The lowest BCUT2D eigenvalue weighted by Crippen LogP contribution is -2.39. The molecule has 3 aromatic rings. The summed E-state index contributed by atoms with van der Waals surface area (Å²) in [5.41, 5.74) is 2.35. The summed E-state index contributed by atoms with van der Waals surface area (Å²) >= 11 is 7.31. The Bertz CT molecular complexity index is 1430. The molecule has 2 N–H and O–H groups in total. The molecule has 2 aromatic carbocycles. The van der Waals surface area contributed by atoms with Crippen molar-refractivity contribution in [2.24, 2.45) is 0 Å². The van der Waals surface area contributed by atoms with Crippen molar-refractivity contribution in [3.63, 3.8) is 0 Å². The maximum Gasteiger partial charge on any atom is 0.338 e. The third kappa shape index (κ3) is 8.61. The first kappa shape index (κ1) is 31.6. The number of esters is 1. The SMILES string of the molecule is COCC(C)N1CCc2nc(C(=O)Nc3cc(C(=O)OC(C)(C)C)ccc3CCC(=O)Nc3ccc(Cl)cc3)sc2C1. The average Bonchev–Trinajstić information content (AvgIpc) is 3.36. The first-order valence-electron chi connectivity index (χ1n) is 13.9. The standard InChI is InChI=1S/C31H37ClN4O5S/c1-19(18-40-5)36-15-14-24-26(17-36)42-29(35-24)28(38)34-25-16-21(30(39)41-31(2,3)4)7-6-20(25)8-13-27(37)33-23-11-9-22(32)10-12-23/h6-7,9-12,16,19H,8,13-15,17-18H2,1-5H3,(H,33,37)(H,34,38). The molecule has 1 aliphatic heterocycles. The van der Waals surface area contributed by atoms with Crippen molar-refractivity contribution in [3.8, 4) is 0 Å². The summed E-state index contributed by atoms with van der Waals surface area (Å²) in [6.07, 6.45) is 1.26. The zero-order valence-electron chi connectivity index (χ0n) is 24.6. The molecule has 0 spiro atoms. The first-order chi connectivity index (χ1) is 19.9. The van der Waals surface area contributed by atoms with Gasteiger partial charge in [0.05, 0.1) is 17.9 Å². The number of aryl methyl sites for hydroxylation is 1. The molecule has 0 radical (unpaired) electrons. The number of aromatic nitrogens is 1. The number of carbonyl (C=O) groups is 3. The lowest BCUT2D eigenvalue weighted by Gasteiger charge is -2.31. The van der Waals surface area contributed by atoms with Crippen LogP contribution in [0.4, 0.5) is 11.4 Å². The van der Waals surface area contributed by atoms with Gasteiger partial charge < -0.3 is 20.1 Å². The third-order valence-corrected chi connectivity index (χ3v) is 8.06. The molecule has 42 heavy (non-hydrogen) atoms. The molecule has 0 aliphatic carbocycles. The topological polar surface area (TPSA) is 110 Å². The minimum Gasteiger partial charge on any atom is -0.456 e. The first-order valence-corrected chi connectivity index (χ1v) is 15.1. The maximum atomic E-state index is 13.4. The highest BCUT2D eigenvalue weighted by Crippen LogP contribution is 2.28. The number of ether oxygens (including phenoxy) is 2. The van der Waals surface area contributed by atoms with Gasteiger partial charge in [-0.15, -0.1) is 11.3 Å². The molecule has 2 heterocycles. The molecule has 0 saturated heterocycles. The molecule has 0 bridgehead atoms. The van der Waals surface area contributed by atoms with E-state index in [4.69, 9.17) is 21.1 Å². The van der Waals surface area contributed by atoms with E-state index in [0.717, 1.165) is 23.5 Å². The predicted octanol–water partition coefficient (Wildman–Crippen LogP) is 5.97. The van der Waals surface area contributed by atoms with Crippen LogP contribution in [0.1, 0.15) is 70.4 Å².